The van der Waals surface area contributed by atoms with E-state index in [-0.39, 0.29) is 0 Å². The molecule has 3 aromatic rings. The largest absolute Gasteiger partial charge is 0.237 e. The van der Waals surface area contributed by atoms with Gasteiger partial charge in [-0.2, -0.15) is 5.10 Å². The van der Waals surface area contributed by atoms with E-state index in [1.54, 1.807) is 0 Å². The summed E-state index contributed by atoms with van der Waals surface area (Å²) in [5.74, 6) is 0. The maximum Gasteiger partial charge on any atom is 0.155 e. The minimum absolute atomic E-state index is 0.850. The number of aryl methyl sites for hydroxylation is 1. The van der Waals surface area contributed by atoms with Crippen molar-refractivity contribution in [1.82, 2.24) is 14.6 Å². The van der Waals surface area contributed by atoms with Gasteiger partial charge in [0.2, 0.25) is 0 Å². The number of nitrogens with zero attached hydrogens (tertiary/aromatic N) is 3. The lowest BCUT2D eigenvalue weighted by Crippen LogP contribution is -1.92. The average Bonchev–Trinajstić information content (AvgIpc) is 2.71. The maximum atomic E-state index is 4.52. The topological polar surface area (TPSA) is 30.2 Å². The second-order valence-electron chi connectivity index (χ2n) is 4.23. The van der Waals surface area contributed by atoms with E-state index in [4.69, 9.17) is 0 Å². The molecule has 0 N–H and O–H groups in total. The molecule has 0 spiro atoms. The molecule has 0 aliphatic rings. The van der Waals surface area contributed by atoms with Gasteiger partial charge in [0, 0.05) is 24.9 Å². The molecule has 3 nitrogen and oxygen atoms in total. The summed E-state index contributed by atoms with van der Waals surface area (Å²) < 4.78 is 1.84. The summed E-state index contributed by atoms with van der Waals surface area (Å²) in [5, 5.41) is 4.52. The first-order valence-corrected chi connectivity index (χ1v) is 5.66. The fourth-order valence-electron chi connectivity index (χ4n) is 1.91. The molecule has 3 rings (SSSR count). The fourth-order valence-corrected chi connectivity index (χ4v) is 1.91. The molecular weight excluding hydrogens is 210 g/mol. The first kappa shape index (κ1) is 10.0. The van der Waals surface area contributed by atoms with Crippen molar-refractivity contribution in [2.75, 3.05) is 0 Å². The standard InChI is InChI=1S/C14H13N3/c1-11-9-15-14-8-13(16-17(14)10-11)7-12-5-3-2-4-6-12/h2-6,8-10H,7H2,1H3. The molecule has 17 heavy (non-hydrogen) atoms. The van der Waals surface area contributed by atoms with Gasteiger partial charge in [-0.1, -0.05) is 30.3 Å². The van der Waals surface area contributed by atoms with Crippen LogP contribution < -0.4 is 0 Å². The Morgan fingerprint density at radius 2 is 2.00 bits per heavy atom. The van der Waals surface area contributed by atoms with Crippen molar-refractivity contribution in [3.63, 3.8) is 0 Å². The number of aromatic nitrogens is 3. The predicted octanol–water partition coefficient (Wildman–Crippen LogP) is 2.63. The van der Waals surface area contributed by atoms with E-state index in [0.717, 1.165) is 23.3 Å². The second kappa shape index (κ2) is 4.01. The smallest absolute Gasteiger partial charge is 0.155 e. The molecule has 0 aliphatic carbocycles. The Labute approximate surface area is 99.7 Å². The van der Waals surface area contributed by atoms with Crippen molar-refractivity contribution in [2.24, 2.45) is 0 Å². The van der Waals surface area contributed by atoms with Crippen LogP contribution >= 0.6 is 0 Å². The Hall–Kier alpha value is -2.16. The molecule has 1 aromatic carbocycles. The van der Waals surface area contributed by atoms with E-state index in [0.29, 0.717) is 0 Å². The highest BCUT2D eigenvalue weighted by molar-refractivity contribution is 5.40. The van der Waals surface area contributed by atoms with E-state index in [1.165, 1.54) is 5.56 Å². The maximum absolute atomic E-state index is 4.52. The lowest BCUT2D eigenvalue weighted by Gasteiger charge is -1.95. The quantitative estimate of drug-likeness (QED) is 0.668. The highest BCUT2D eigenvalue weighted by Crippen LogP contribution is 2.10. The summed E-state index contributed by atoms with van der Waals surface area (Å²) in [5.41, 5.74) is 4.34. The summed E-state index contributed by atoms with van der Waals surface area (Å²) in [6, 6.07) is 12.4. The molecule has 3 heteroatoms. The van der Waals surface area contributed by atoms with Crippen molar-refractivity contribution in [1.29, 1.82) is 0 Å². The highest BCUT2D eigenvalue weighted by atomic mass is 15.2. The second-order valence-corrected chi connectivity index (χ2v) is 4.23. The third kappa shape index (κ3) is 2.04. The van der Waals surface area contributed by atoms with Crippen molar-refractivity contribution in [3.8, 4) is 0 Å². The minimum Gasteiger partial charge on any atom is -0.237 e. The van der Waals surface area contributed by atoms with Crippen LogP contribution in [0.2, 0.25) is 0 Å². The molecule has 2 aromatic heterocycles. The van der Waals surface area contributed by atoms with Gasteiger partial charge in [0.15, 0.2) is 5.65 Å². The van der Waals surface area contributed by atoms with Crippen LogP contribution in [0.5, 0.6) is 0 Å². The van der Waals surface area contributed by atoms with E-state index in [1.807, 2.05) is 48.1 Å². The zero-order valence-electron chi connectivity index (χ0n) is 9.67. The van der Waals surface area contributed by atoms with Crippen LogP contribution in [0.4, 0.5) is 0 Å². The summed E-state index contributed by atoms with van der Waals surface area (Å²) in [6.07, 6.45) is 4.71. The van der Waals surface area contributed by atoms with Gasteiger partial charge < -0.3 is 0 Å². The van der Waals surface area contributed by atoms with Crippen LogP contribution in [0.1, 0.15) is 16.8 Å². The van der Waals surface area contributed by atoms with Crippen LogP contribution in [0, 0.1) is 6.92 Å². The lowest BCUT2D eigenvalue weighted by molar-refractivity contribution is 0.889. The Balaban J connectivity index is 1.96. The van der Waals surface area contributed by atoms with Gasteiger partial charge in [-0.3, -0.25) is 0 Å². The summed E-state index contributed by atoms with van der Waals surface area (Å²) in [6.45, 7) is 2.02. The molecule has 0 amide bonds. The molecule has 0 atom stereocenters. The first-order chi connectivity index (χ1) is 8.31. The molecule has 84 valence electrons. The van der Waals surface area contributed by atoms with Gasteiger partial charge in [0.05, 0.1) is 5.69 Å². The lowest BCUT2D eigenvalue weighted by atomic mass is 10.1. The van der Waals surface area contributed by atoms with Crippen LogP contribution in [0.15, 0.2) is 48.8 Å². The van der Waals surface area contributed by atoms with Gasteiger partial charge in [0.1, 0.15) is 0 Å². The Kier molecular flexibility index (Phi) is 2.37. The zero-order chi connectivity index (χ0) is 11.7. The molecule has 0 fully saturated rings. The third-order valence-electron chi connectivity index (χ3n) is 2.72. The molecule has 0 saturated heterocycles. The predicted molar refractivity (Wildman–Crippen MR) is 67.0 cm³/mol. The van der Waals surface area contributed by atoms with Crippen molar-refractivity contribution < 1.29 is 0 Å². The van der Waals surface area contributed by atoms with Gasteiger partial charge in [-0.05, 0) is 18.1 Å². The van der Waals surface area contributed by atoms with Crippen LogP contribution in [-0.4, -0.2) is 14.6 Å². The third-order valence-corrected chi connectivity index (χ3v) is 2.72. The Bertz CT molecular complexity index is 641. The first-order valence-electron chi connectivity index (χ1n) is 5.66. The normalized spacial score (nSPS) is 10.9. The van der Waals surface area contributed by atoms with Gasteiger partial charge in [0.25, 0.3) is 0 Å². The monoisotopic (exact) mass is 223 g/mol. The number of hydrogen-bond donors (Lipinski definition) is 0. The van der Waals surface area contributed by atoms with Crippen molar-refractivity contribution in [3.05, 3.63) is 65.6 Å². The van der Waals surface area contributed by atoms with E-state index >= 15 is 0 Å². The highest BCUT2D eigenvalue weighted by Gasteiger charge is 2.03. The average molecular weight is 223 g/mol. The fraction of sp³-hybridized carbons (Fsp3) is 0.143. The van der Waals surface area contributed by atoms with E-state index in [9.17, 15) is 0 Å². The van der Waals surface area contributed by atoms with Crippen molar-refractivity contribution in [2.45, 2.75) is 13.3 Å². The van der Waals surface area contributed by atoms with Crippen LogP contribution in [0.3, 0.4) is 0 Å². The number of fused-ring (bicyclic) bond motifs is 1. The zero-order valence-corrected chi connectivity index (χ0v) is 9.67. The molecular formula is C14H13N3. The summed E-state index contributed by atoms with van der Waals surface area (Å²) in [7, 11) is 0. The SMILES string of the molecule is Cc1cnc2cc(Cc3ccccc3)nn2c1. The summed E-state index contributed by atoms with van der Waals surface area (Å²) in [4.78, 5) is 4.34. The Morgan fingerprint density at radius 1 is 1.18 bits per heavy atom. The summed E-state index contributed by atoms with van der Waals surface area (Å²) >= 11 is 0. The van der Waals surface area contributed by atoms with Crippen LogP contribution in [-0.2, 0) is 6.42 Å². The molecule has 0 bridgehead atoms. The van der Waals surface area contributed by atoms with E-state index in [2.05, 4.69) is 22.2 Å². The molecule has 0 saturated carbocycles. The van der Waals surface area contributed by atoms with Gasteiger partial charge >= 0.3 is 0 Å². The van der Waals surface area contributed by atoms with Crippen molar-refractivity contribution >= 4 is 5.65 Å². The number of hydrogen-bond acceptors (Lipinski definition) is 2. The number of rotatable bonds is 2. The molecule has 2 heterocycles. The molecule has 0 aliphatic heterocycles. The van der Waals surface area contributed by atoms with E-state index < -0.39 is 0 Å². The number of benzene rings is 1. The molecule has 0 unspecified atom stereocenters. The van der Waals surface area contributed by atoms with Gasteiger partial charge in [-0.25, -0.2) is 9.50 Å². The van der Waals surface area contributed by atoms with Crippen LogP contribution in [0.25, 0.3) is 5.65 Å². The van der Waals surface area contributed by atoms with Gasteiger partial charge in [-0.15, -0.1) is 0 Å². The minimum atomic E-state index is 0.850. The molecule has 0 radical (unpaired) electrons. The Morgan fingerprint density at radius 3 is 2.82 bits per heavy atom.